The van der Waals surface area contributed by atoms with Crippen LogP contribution in [0.3, 0.4) is 0 Å². The van der Waals surface area contributed by atoms with Gasteiger partial charge in [0.2, 0.25) is 11.8 Å². The predicted molar refractivity (Wildman–Crippen MR) is 78.1 cm³/mol. The van der Waals surface area contributed by atoms with Gasteiger partial charge in [0.25, 0.3) is 0 Å². The lowest BCUT2D eigenvalue weighted by Gasteiger charge is -2.25. The van der Waals surface area contributed by atoms with Gasteiger partial charge in [-0.3, -0.25) is 9.59 Å². The van der Waals surface area contributed by atoms with Crippen molar-refractivity contribution in [3.63, 3.8) is 0 Å². The van der Waals surface area contributed by atoms with Crippen LogP contribution in [0.5, 0.6) is 0 Å². The molecule has 116 valence electrons. The van der Waals surface area contributed by atoms with Gasteiger partial charge in [-0.05, 0) is 38.0 Å². The summed E-state index contributed by atoms with van der Waals surface area (Å²) in [6, 6.07) is 0. The average molecular weight is 284 g/mol. The smallest absolute Gasteiger partial charge is 0.220 e. The number of carbonyl (C=O) groups is 2. The number of nitrogens with one attached hydrogen (secondary N) is 2. The molecular weight excluding hydrogens is 256 g/mol. The molecule has 1 saturated carbocycles. The van der Waals surface area contributed by atoms with Crippen LogP contribution in [-0.2, 0) is 9.59 Å². The minimum Gasteiger partial charge on any atom is -0.393 e. The van der Waals surface area contributed by atoms with Crippen LogP contribution in [0.25, 0.3) is 0 Å². The first-order valence-corrected chi connectivity index (χ1v) is 7.83. The zero-order valence-corrected chi connectivity index (χ0v) is 12.5. The van der Waals surface area contributed by atoms with E-state index >= 15 is 0 Å². The Bertz CT molecular complexity index is 307. The normalized spacial score (nSPS) is 22.3. The molecule has 20 heavy (non-hydrogen) atoms. The van der Waals surface area contributed by atoms with Crippen LogP contribution in [-0.4, -0.2) is 36.1 Å². The fourth-order valence-corrected chi connectivity index (χ4v) is 2.56. The molecule has 5 heteroatoms. The second-order valence-corrected chi connectivity index (χ2v) is 5.69. The maximum Gasteiger partial charge on any atom is 0.220 e. The minimum atomic E-state index is -0.201. The van der Waals surface area contributed by atoms with Crippen LogP contribution < -0.4 is 10.6 Å². The Hall–Kier alpha value is -1.10. The van der Waals surface area contributed by atoms with Crippen molar-refractivity contribution in [2.24, 2.45) is 5.92 Å². The Morgan fingerprint density at radius 1 is 1.15 bits per heavy atom. The Labute approximate surface area is 121 Å². The Kier molecular flexibility index (Phi) is 8.26. The Morgan fingerprint density at radius 2 is 1.85 bits per heavy atom. The molecule has 2 unspecified atom stereocenters. The molecule has 5 nitrogen and oxygen atoms in total. The van der Waals surface area contributed by atoms with E-state index in [1.807, 2.05) is 6.92 Å². The van der Waals surface area contributed by atoms with Crippen molar-refractivity contribution < 1.29 is 14.7 Å². The topological polar surface area (TPSA) is 78.4 Å². The molecule has 0 heterocycles. The third-order valence-electron chi connectivity index (χ3n) is 3.72. The highest BCUT2D eigenvalue weighted by Gasteiger charge is 2.20. The van der Waals surface area contributed by atoms with E-state index in [1.165, 1.54) is 0 Å². The van der Waals surface area contributed by atoms with E-state index in [-0.39, 0.29) is 17.9 Å². The molecule has 0 aromatic heterocycles. The van der Waals surface area contributed by atoms with Crippen molar-refractivity contribution >= 4 is 11.8 Å². The van der Waals surface area contributed by atoms with Crippen LogP contribution in [0, 0.1) is 5.92 Å². The first-order valence-electron chi connectivity index (χ1n) is 7.83. The van der Waals surface area contributed by atoms with Gasteiger partial charge in [-0.2, -0.15) is 0 Å². The molecule has 0 radical (unpaired) electrons. The fraction of sp³-hybridized carbons (Fsp3) is 0.867. The lowest BCUT2D eigenvalue weighted by molar-refractivity contribution is -0.122. The number of aliphatic hydroxyl groups excluding tert-OH is 1. The molecule has 0 aromatic carbocycles. The zero-order chi connectivity index (χ0) is 14.8. The van der Waals surface area contributed by atoms with Crippen molar-refractivity contribution in [2.45, 2.75) is 64.4 Å². The van der Waals surface area contributed by atoms with Gasteiger partial charge >= 0.3 is 0 Å². The molecule has 0 spiro atoms. The Balaban J connectivity index is 2.04. The van der Waals surface area contributed by atoms with Gasteiger partial charge < -0.3 is 15.7 Å². The first kappa shape index (κ1) is 17.0. The van der Waals surface area contributed by atoms with E-state index in [2.05, 4.69) is 10.6 Å². The van der Waals surface area contributed by atoms with Gasteiger partial charge in [-0.15, -0.1) is 0 Å². The summed E-state index contributed by atoms with van der Waals surface area (Å²) in [4.78, 5) is 23.0. The number of amides is 2. The molecule has 0 bridgehead atoms. The summed E-state index contributed by atoms with van der Waals surface area (Å²) in [5, 5.41) is 15.3. The number of rotatable bonds is 8. The highest BCUT2D eigenvalue weighted by atomic mass is 16.3. The van der Waals surface area contributed by atoms with E-state index < -0.39 is 0 Å². The third kappa shape index (κ3) is 7.48. The SMILES string of the molecule is CCCNC(=O)CCCC(=O)NCC1CCCC(O)C1. The number of hydrogen-bond donors (Lipinski definition) is 3. The molecule has 3 N–H and O–H groups in total. The summed E-state index contributed by atoms with van der Waals surface area (Å²) < 4.78 is 0. The van der Waals surface area contributed by atoms with Gasteiger partial charge in [0.05, 0.1) is 6.10 Å². The molecule has 1 rings (SSSR count). The van der Waals surface area contributed by atoms with Crippen molar-refractivity contribution in [3.8, 4) is 0 Å². The predicted octanol–water partition coefficient (Wildman–Crippen LogP) is 1.35. The van der Waals surface area contributed by atoms with E-state index in [0.717, 1.165) is 32.1 Å². The van der Waals surface area contributed by atoms with Crippen LogP contribution in [0.1, 0.15) is 58.3 Å². The van der Waals surface area contributed by atoms with Crippen molar-refractivity contribution in [1.82, 2.24) is 10.6 Å². The van der Waals surface area contributed by atoms with Gasteiger partial charge in [0, 0.05) is 25.9 Å². The van der Waals surface area contributed by atoms with Gasteiger partial charge in [0.1, 0.15) is 0 Å². The quantitative estimate of drug-likeness (QED) is 0.629. The fourth-order valence-electron chi connectivity index (χ4n) is 2.56. The minimum absolute atomic E-state index is 0.00774. The van der Waals surface area contributed by atoms with Gasteiger partial charge in [0.15, 0.2) is 0 Å². The van der Waals surface area contributed by atoms with Gasteiger partial charge in [-0.1, -0.05) is 13.3 Å². The standard InChI is InChI=1S/C15H28N2O3/c1-2-9-16-14(19)7-4-8-15(20)17-11-12-5-3-6-13(18)10-12/h12-13,18H,2-11H2,1H3,(H,16,19)(H,17,20). The van der Waals surface area contributed by atoms with Crippen molar-refractivity contribution in [1.29, 1.82) is 0 Å². The summed E-state index contributed by atoms with van der Waals surface area (Å²) in [6.07, 6.45) is 5.93. The third-order valence-corrected chi connectivity index (χ3v) is 3.72. The number of hydrogen-bond acceptors (Lipinski definition) is 3. The van der Waals surface area contributed by atoms with Gasteiger partial charge in [-0.25, -0.2) is 0 Å². The molecule has 1 aliphatic carbocycles. The van der Waals surface area contributed by atoms with Crippen LogP contribution in [0.2, 0.25) is 0 Å². The first-order chi connectivity index (χ1) is 9.61. The van der Waals surface area contributed by atoms with Crippen molar-refractivity contribution in [3.05, 3.63) is 0 Å². The van der Waals surface area contributed by atoms with E-state index in [9.17, 15) is 14.7 Å². The molecule has 0 aromatic rings. The summed E-state index contributed by atoms with van der Waals surface area (Å²) >= 11 is 0. The summed E-state index contributed by atoms with van der Waals surface area (Å²) in [6.45, 7) is 3.36. The Morgan fingerprint density at radius 3 is 2.50 bits per heavy atom. The molecule has 0 saturated heterocycles. The maximum atomic E-state index is 11.7. The molecule has 2 amide bonds. The average Bonchev–Trinajstić information content (AvgIpc) is 2.43. The highest BCUT2D eigenvalue weighted by Crippen LogP contribution is 2.23. The second-order valence-electron chi connectivity index (χ2n) is 5.69. The molecule has 0 aliphatic heterocycles. The second kappa shape index (κ2) is 9.75. The highest BCUT2D eigenvalue weighted by molar-refractivity contribution is 5.78. The number of carbonyl (C=O) groups excluding carboxylic acids is 2. The monoisotopic (exact) mass is 284 g/mol. The van der Waals surface area contributed by atoms with Crippen LogP contribution in [0.4, 0.5) is 0 Å². The summed E-state index contributed by atoms with van der Waals surface area (Å²) in [5.74, 6) is 0.430. The lowest BCUT2D eigenvalue weighted by atomic mass is 9.87. The van der Waals surface area contributed by atoms with Crippen LogP contribution >= 0.6 is 0 Å². The van der Waals surface area contributed by atoms with Crippen molar-refractivity contribution in [2.75, 3.05) is 13.1 Å². The molecule has 1 fully saturated rings. The summed E-state index contributed by atoms with van der Waals surface area (Å²) in [5.41, 5.74) is 0. The number of aliphatic hydroxyl groups is 1. The molecule has 1 aliphatic rings. The van der Waals surface area contributed by atoms with Crippen LogP contribution in [0.15, 0.2) is 0 Å². The van der Waals surface area contributed by atoms with E-state index in [0.29, 0.717) is 38.3 Å². The van der Waals surface area contributed by atoms with E-state index in [1.54, 1.807) is 0 Å². The maximum absolute atomic E-state index is 11.7. The largest absolute Gasteiger partial charge is 0.393 e. The summed E-state index contributed by atoms with van der Waals surface area (Å²) in [7, 11) is 0. The zero-order valence-electron chi connectivity index (χ0n) is 12.5. The molecular formula is C15H28N2O3. The molecule has 2 atom stereocenters. The van der Waals surface area contributed by atoms with E-state index in [4.69, 9.17) is 0 Å². The lowest BCUT2D eigenvalue weighted by Crippen LogP contribution is -2.33.